The maximum atomic E-state index is 3.56. The predicted octanol–water partition coefficient (Wildman–Crippen LogP) is 8.18. The second kappa shape index (κ2) is 7.44. The Bertz CT molecular complexity index is 770. The van der Waals surface area contributed by atoms with Crippen LogP contribution in [0.15, 0.2) is 38.3 Å². The maximum absolute atomic E-state index is 3.56. The third-order valence-electron chi connectivity index (χ3n) is 4.01. The average Bonchev–Trinajstić information content (AvgIpc) is 3.24. The quantitative estimate of drug-likeness (QED) is 0.386. The minimum absolute atomic E-state index is 1.20. The number of hydrogen-bond donors (Lipinski definition) is 0. The van der Waals surface area contributed by atoms with E-state index in [4.69, 9.17) is 0 Å². The molecule has 3 aromatic heterocycles. The van der Waals surface area contributed by atoms with Gasteiger partial charge in [0.2, 0.25) is 0 Å². The van der Waals surface area contributed by atoms with Gasteiger partial charge in [-0.25, -0.2) is 0 Å². The third kappa shape index (κ3) is 3.79. The van der Waals surface area contributed by atoms with Crippen molar-refractivity contribution in [3.63, 3.8) is 0 Å². The Morgan fingerprint density at radius 2 is 1.48 bits per heavy atom. The summed E-state index contributed by atoms with van der Waals surface area (Å²) < 4.78 is 2.77. The molecule has 23 heavy (non-hydrogen) atoms. The summed E-state index contributed by atoms with van der Waals surface area (Å²) >= 11 is 11.4. The van der Waals surface area contributed by atoms with Gasteiger partial charge in [-0.3, -0.25) is 0 Å². The van der Waals surface area contributed by atoms with E-state index in [1.54, 1.807) is 9.77 Å². The summed E-state index contributed by atoms with van der Waals surface area (Å²) in [6.45, 7) is 0. The molecule has 1 aliphatic heterocycles. The van der Waals surface area contributed by atoms with Crippen LogP contribution in [0, 0.1) is 0 Å². The van der Waals surface area contributed by atoms with E-state index in [0.717, 1.165) is 0 Å². The standard InChI is InChI=1S/C18H17BrS4/c19-17-9-8-14(22-17)13-6-7-15(21-13)16-11-12-5-3-1-2-4-10-20-18(12)23-16/h6-9,11H,1-5,10H2. The minimum Gasteiger partial charge on any atom is -0.134 e. The molecule has 0 bridgehead atoms. The number of fused-ring (bicyclic) bond motifs is 1. The number of aryl methyl sites for hydroxylation is 1. The van der Waals surface area contributed by atoms with E-state index in [1.165, 1.54) is 61.2 Å². The first kappa shape index (κ1) is 16.4. The van der Waals surface area contributed by atoms with Crippen LogP contribution in [0.1, 0.15) is 31.2 Å². The molecule has 5 heteroatoms. The van der Waals surface area contributed by atoms with Crippen LogP contribution < -0.4 is 0 Å². The van der Waals surface area contributed by atoms with Gasteiger partial charge in [-0.2, -0.15) is 0 Å². The molecule has 0 aromatic carbocycles. The highest BCUT2D eigenvalue weighted by Crippen LogP contribution is 2.44. The summed E-state index contributed by atoms with van der Waals surface area (Å²) in [5.41, 5.74) is 1.59. The monoisotopic (exact) mass is 440 g/mol. The molecule has 1 aliphatic rings. The van der Waals surface area contributed by atoms with Gasteiger partial charge in [0.15, 0.2) is 0 Å². The van der Waals surface area contributed by atoms with Gasteiger partial charge in [-0.15, -0.1) is 45.8 Å². The smallest absolute Gasteiger partial charge is 0.0705 e. The molecule has 0 fully saturated rings. The zero-order valence-corrected chi connectivity index (χ0v) is 17.5. The highest BCUT2D eigenvalue weighted by molar-refractivity contribution is 9.11. The van der Waals surface area contributed by atoms with Crippen molar-refractivity contribution in [1.82, 2.24) is 0 Å². The number of thiophene rings is 3. The molecule has 4 rings (SSSR count). The molecule has 0 saturated heterocycles. The first-order chi connectivity index (χ1) is 11.3. The lowest BCUT2D eigenvalue weighted by Crippen LogP contribution is -1.82. The molecule has 0 atom stereocenters. The van der Waals surface area contributed by atoms with E-state index in [2.05, 4.69) is 58.0 Å². The zero-order chi connectivity index (χ0) is 15.6. The fourth-order valence-electron chi connectivity index (χ4n) is 2.82. The van der Waals surface area contributed by atoms with Gasteiger partial charge in [0.1, 0.15) is 0 Å². The fraction of sp³-hybridized carbons (Fsp3) is 0.333. The van der Waals surface area contributed by atoms with E-state index < -0.39 is 0 Å². The minimum atomic E-state index is 1.20. The van der Waals surface area contributed by atoms with Crippen LogP contribution >= 0.6 is 61.7 Å². The molecule has 0 unspecified atom stereocenters. The van der Waals surface area contributed by atoms with Gasteiger partial charge in [0.25, 0.3) is 0 Å². The molecule has 0 N–H and O–H groups in total. The van der Waals surface area contributed by atoms with Crippen molar-refractivity contribution in [2.45, 2.75) is 36.3 Å². The van der Waals surface area contributed by atoms with Crippen LogP contribution in [0.25, 0.3) is 19.5 Å². The van der Waals surface area contributed by atoms with Crippen molar-refractivity contribution in [1.29, 1.82) is 0 Å². The van der Waals surface area contributed by atoms with E-state index >= 15 is 0 Å². The Hall–Kier alpha value is -0.0700. The lowest BCUT2D eigenvalue weighted by atomic mass is 10.1. The Morgan fingerprint density at radius 1 is 0.739 bits per heavy atom. The van der Waals surface area contributed by atoms with Crippen LogP contribution in [0.2, 0.25) is 0 Å². The third-order valence-corrected chi connectivity index (χ3v) is 9.70. The summed E-state index contributed by atoms with van der Waals surface area (Å²) in [4.78, 5) is 5.60. The molecule has 0 spiro atoms. The maximum Gasteiger partial charge on any atom is 0.0705 e. The molecule has 0 nitrogen and oxygen atoms in total. The van der Waals surface area contributed by atoms with Crippen molar-refractivity contribution in [2.75, 3.05) is 5.75 Å². The Labute approximate surface area is 162 Å². The molecule has 3 aromatic rings. The Kier molecular flexibility index (Phi) is 5.31. The highest BCUT2D eigenvalue weighted by Gasteiger charge is 2.14. The average molecular weight is 442 g/mol. The van der Waals surface area contributed by atoms with E-state index in [9.17, 15) is 0 Å². The van der Waals surface area contributed by atoms with E-state index in [0.29, 0.717) is 0 Å². The Morgan fingerprint density at radius 3 is 2.30 bits per heavy atom. The largest absolute Gasteiger partial charge is 0.134 e. The molecule has 4 heterocycles. The molecule has 0 radical (unpaired) electrons. The number of thioether (sulfide) groups is 1. The lowest BCUT2D eigenvalue weighted by molar-refractivity contribution is 0.672. The Balaban J connectivity index is 1.62. The first-order valence-corrected chi connectivity index (χ1v) is 12.1. The summed E-state index contributed by atoms with van der Waals surface area (Å²) in [7, 11) is 0. The van der Waals surface area contributed by atoms with E-state index in [-0.39, 0.29) is 0 Å². The lowest BCUT2D eigenvalue weighted by Gasteiger charge is -1.98. The second-order valence-corrected chi connectivity index (χ2v) is 11.7. The van der Waals surface area contributed by atoms with Crippen molar-refractivity contribution < 1.29 is 0 Å². The van der Waals surface area contributed by atoms with Crippen molar-refractivity contribution in [3.8, 4) is 19.5 Å². The van der Waals surface area contributed by atoms with Crippen molar-refractivity contribution in [2.24, 2.45) is 0 Å². The second-order valence-electron chi connectivity index (χ2n) is 5.70. The zero-order valence-electron chi connectivity index (χ0n) is 12.6. The van der Waals surface area contributed by atoms with Gasteiger partial charge < -0.3 is 0 Å². The van der Waals surface area contributed by atoms with Gasteiger partial charge >= 0.3 is 0 Å². The summed E-state index contributed by atoms with van der Waals surface area (Å²) in [6.07, 6.45) is 6.77. The molecule has 0 amide bonds. The van der Waals surface area contributed by atoms with Gasteiger partial charge in [0, 0.05) is 19.5 Å². The van der Waals surface area contributed by atoms with Crippen LogP contribution in [-0.4, -0.2) is 5.75 Å². The molecular formula is C18H17BrS4. The fourth-order valence-corrected chi connectivity index (χ4v) is 7.96. The number of hydrogen-bond acceptors (Lipinski definition) is 4. The predicted molar refractivity (Wildman–Crippen MR) is 112 cm³/mol. The normalized spacial score (nSPS) is 15.7. The van der Waals surface area contributed by atoms with Gasteiger partial charge in [-0.05, 0) is 76.8 Å². The first-order valence-electron chi connectivity index (χ1n) is 7.91. The topological polar surface area (TPSA) is 0 Å². The van der Waals surface area contributed by atoms with Crippen molar-refractivity contribution in [3.05, 3.63) is 39.7 Å². The van der Waals surface area contributed by atoms with Crippen molar-refractivity contribution >= 4 is 61.7 Å². The van der Waals surface area contributed by atoms with E-state index in [1.807, 2.05) is 34.0 Å². The molecular weight excluding hydrogens is 424 g/mol. The SMILES string of the molecule is Brc1ccc(-c2ccc(-c3cc4c(s3)SCCCCCC4)s2)s1. The van der Waals surface area contributed by atoms with Crippen LogP contribution in [0.5, 0.6) is 0 Å². The number of rotatable bonds is 2. The highest BCUT2D eigenvalue weighted by atomic mass is 79.9. The van der Waals surface area contributed by atoms with Gasteiger partial charge in [-0.1, -0.05) is 12.8 Å². The molecule has 0 aliphatic carbocycles. The summed E-state index contributed by atoms with van der Waals surface area (Å²) in [6, 6.07) is 11.4. The van der Waals surface area contributed by atoms with Crippen LogP contribution in [-0.2, 0) is 6.42 Å². The van der Waals surface area contributed by atoms with Crippen LogP contribution in [0.3, 0.4) is 0 Å². The number of halogens is 1. The van der Waals surface area contributed by atoms with Crippen LogP contribution in [0.4, 0.5) is 0 Å². The summed E-state index contributed by atoms with van der Waals surface area (Å²) in [5, 5.41) is 0. The molecule has 0 saturated carbocycles. The molecule has 120 valence electrons. The summed E-state index contributed by atoms with van der Waals surface area (Å²) in [5.74, 6) is 1.28. The van der Waals surface area contributed by atoms with Gasteiger partial charge in [0.05, 0.1) is 8.00 Å².